The van der Waals surface area contributed by atoms with Crippen molar-refractivity contribution < 1.29 is 13.9 Å². The average Bonchev–Trinajstić information content (AvgIpc) is 3.28. The fourth-order valence-corrected chi connectivity index (χ4v) is 3.06. The summed E-state index contributed by atoms with van der Waals surface area (Å²) in [6, 6.07) is 5.92. The van der Waals surface area contributed by atoms with Gasteiger partial charge in [0.15, 0.2) is 0 Å². The summed E-state index contributed by atoms with van der Waals surface area (Å²) in [7, 11) is 1.84. The van der Waals surface area contributed by atoms with Crippen molar-refractivity contribution in [3.63, 3.8) is 0 Å². The Balaban J connectivity index is 1.36. The first-order valence-corrected chi connectivity index (χ1v) is 9.11. The van der Waals surface area contributed by atoms with Crippen LogP contribution in [0.1, 0.15) is 23.3 Å². The number of ether oxygens (including phenoxy) is 1. The van der Waals surface area contributed by atoms with Crippen LogP contribution in [0, 0.1) is 5.82 Å². The van der Waals surface area contributed by atoms with Gasteiger partial charge in [0.25, 0.3) is 5.91 Å². The van der Waals surface area contributed by atoms with Gasteiger partial charge in [0.1, 0.15) is 22.3 Å². The highest BCUT2D eigenvalue weighted by Crippen LogP contribution is 2.22. The lowest BCUT2D eigenvalue weighted by atomic mass is 10.3. The molecular formula is C18H19FN4O2S. The molecule has 2 heterocycles. The molecule has 3 rings (SSSR count). The van der Waals surface area contributed by atoms with Crippen LogP contribution >= 0.6 is 11.3 Å². The van der Waals surface area contributed by atoms with Gasteiger partial charge in [0.05, 0.1) is 12.8 Å². The minimum atomic E-state index is -0.284. The topological polar surface area (TPSA) is 69.0 Å². The molecule has 0 unspecified atom stereocenters. The molecule has 6 nitrogen and oxygen atoms in total. The predicted octanol–water partition coefficient (Wildman–Crippen LogP) is 3.27. The second kappa shape index (κ2) is 8.57. The Labute approximate surface area is 154 Å². The number of unbranched alkanes of at least 4 members (excludes halogenated alkanes) is 1. The number of carbonyl (C=O) groups is 1. The number of nitrogens with one attached hydrogen (secondary N) is 1. The number of amides is 1. The average molecular weight is 374 g/mol. The van der Waals surface area contributed by atoms with E-state index in [1.165, 1.54) is 23.5 Å². The molecule has 1 N–H and O–H groups in total. The van der Waals surface area contributed by atoms with Crippen LogP contribution < -0.4 is 10.1 Å². The van der Waals surface area contributed by atoms with Gasteiger partial charge < -0.3 is 10.1 Å². The maximum absolute atomic E-state index is 12.8. The fourth-order valence-electron chi connectivity index (χ4n) is 2.28. The van der Waals surface area contributed by atoms with Gasteiger partial charge in [-0.1, -0.05) is 0 Å². The zero-order valence-electron chi connectivity index (χ0n) is 14.3. The Bertz CT molecular complexity index is 860. The maximum Gasteiger partial charge on any atom is 0.270 e. The third-order valence-corrected chi connectivity index (χ3v) is 4.52. The predicted molar refractivity (Wildman–Crippen MR) is 97.8 cm³/mol. The number of carbonyl (C=O) groups excluding carboxylic acids is 1. The van der Waals surface area contributed by atoms with Gasteiger partial charge in [-0.15, -0.1) is 11.3 Å². The number of nitrogens with zero attached hydrogens (tertiary/aromatic N) is 3. The lowest BCUT2D eigenvalue weighted by molar-refractivity contribution is 0.0948. The first-order valence-electron chi connectivity index (χ1n) is 8.23. The Morgan fingerprint density at radius 1 is 1.31 bits per heavy atom. The van der Waals surface area contributed by atoms with E-state index in [2.05, 4.69) is 15.4 Å². The van der Waals surface area contributed by atoms with E-state index in [0.717, 1.165) is 23.4 Å². The first-order chi connectivity index (χ1) is 12.6. The first kappa shape index (κ1) is 18.1. The molecule has 26 heavy (non-hydrogen) atoms. The molecule has 0 aliphatic rings. The second-order valence-corrected chi connectivity index (χ2v) is 6.56. The van der Waals surface area contributed by atoms with Crippen LogP contribution in [-0.4, -0.2) is 33.8 Å². The van der Waals surface area contributed by atoms with Crippen molar-refractivity contribution in [3.05, 3.63) is 53.6 Å². The molecule has 1 aromatic carbocycles. The van der Waals surface area contributed by atoms with E-state index in [9.17, 15) is 9.18 Å². The SMILES string of the molecule is Cn1cc(-c2nc(C(=O)NCCCCOc3ccc(F)cc3)cs2)cn1. The lowest BCUT2D eigenvalue weighted by Crippen LogP contribution is -2.25. The van der Waals surface area contributed by atoms with Crippen molar-refractivity contribution in [2.75, 3.05) is 13.2 Å². The van der Waals surface area contributed by atoms with Crippen molar-refractivity contribution in [1.82, 2.24) is 20.1 Å². The minimum Gasteiger partial charge on any atom is -0.494 e. The van der Waals surface area contributed by atoms with E-state index in [-0.39, 0.29) is 11.7 Å². The fraction of sp³-hybridized carbons (Fsp3) is 0.278. The Morgan fingerprint density at radius 3 is 2.85 bits per heavy atom. The molecule has 0 aliphatic heterocycles. The van der Waals surface area contributed by atoms with Crippen LogP contribution in [0.4, 0.5) is 4.39 Å². The van der Waals surface area contributed by atoms with Crippen molar-refractivity contribution in [2.45, 2.75) is 12.8 Å². The highest BCUT2D eigenvalue weighted by atomic mass is 32.1. The molecule has 0 saturated carbocycles. The summed E-state index contributed by atoms with van der Waals surface area (Å²) in [5, 5.41) is 9.48. The second-order valence-electron chi connectivity index (χ2n) is 5.71. The molecule has 136 valence electrons. The number of aromatic nitrogens is 3. The smallest absolute Gasteiger partial charge is 0.270 e. The molecule has 0 saturated heterocycles. The van der Waals surface area contributed by atoms with Crippen molar-refractivity contribution in [3.8, 4) is 16.3 Å². The summed E-state index contributed by atoms with van der Waals surface area (Å²) in [6.07, 6.45) is 5.16. The number of rotatable bonds is 8. The third kappa shape index (κ3) is 4.89. The minimum absolute atomic E-state index is 0.184. The van der Waals surface area contributed by atoms with Crippen LogP contribution in [-0.2, 0) is 7.05 Å². The largest absolute Gasteiger partial charge is 0.494 e. The van der Waals surface area contributed by atoms with E-state index in [1.54, 1.807) is 28.4 Å². The highest BCUT2D eigenvalue weighted by Gasteiger charge is 2.12. The van der Waals surface area contributed by atoms with Gasteiger partial charge in [-0.05, 0) is 37.1 Å². The summed E-state index contributed by atoms with van der Waals surface area (Å²) < 4.78 is 20.0. The molecule has 0 fully saturated rings. The summed E-state index contributed by atoms with van der Waals surface area (Å²) in [5.74, 6) is 0.172. The van der Waals surface area contributed by atoms with E-state index in [4.69, 9.17) is 4.74 Å². The summed E-state index contributed by atoms with van der Waals surface area (Å²) >= 11 is 1.42. The Morgan fingerprint density at radius 2 is 2.12 bits per heavy atom. The van der Waals surface area contributed by atoms with Crippen molar-refractivity contribution in [1.29, 1.82) is 0 Å². The zero-order chi connectivity index (χ0) is 18.4. The molecule has 0 bridgehead atoms. The number of hydrogen-bond acceptors (Lipinski definition) is 5. The summed E-state index contributed by atoms with van der Waals surface area (Å²) in [4.78, 5) is 16.5. The summed E-state index contributed by atoms with van der Waals surface area (Å²) in [6.45, 7) is 1.06. The van der Waals surface area contributed by atoms with Gasteiger partial charge in [0.2, 0.25) is 0 Å². The van der Waals surface area contributed by atoms with E-state index in [0.29, 0.717) is 24.6 Å². The van der Waals surface area contributed by atoms with Crippen molar-refractivity contribution in [2.24, 2.45) is 7.05 Å². The molecule has 1 amide bonds. The third-order valence-electron chi connectivity index (χ3n) is 3.63. The number of hydrogen-bond donors (Lipinski definition) is 1. The molecular weight excluding hydrogens is 355 g/mol. The molecule has 0 spiro atoms. The van der Waals surface area contributed by atoms with Crippen LogP contribution in [0.3, 0.4) is 0 Å². The normalized spacial score (nSPS) is 10.7. The Hall–Kier alpha value is -2.74. The molecule has 0 aliphatic carbocycles. The number of halogens is 1. The van der Waals surface area contributed by atoms with Gasteiger partial charge in [0, 0.05) is 30.7 Å². The van der Waals surface area contributed by atoms with Gasteiger partial charge in [-0.25, -0.2) is 9.37 Å². The van der Waals surface area contributed by atoms with Gasteiger partial charge >= 0.3 is 0 Å². The molecule has 3 aromatic rings. The number of thiazole rings is 1. The van der Waals surface area contributed by atoms with Crippen LogP contribution in [0.15, 0.2) is 42.0 Å². The quantitative estimate of drug-likeness (QED) is 0.615. The molecule has 0 radical (unpaired) electrons. The number of aryl methyl sites for hydroxylation is 1. The maximum atomic E-state index is 12.8. The van der Waals surface area contributed by atoms with Gasteiger partial charge in [-0.3, -0.25) is 9.48 Å². The monoisotopic (exact) mass is 374 g/mol. The molecule has 0 atom stereocenters. The standard InChI is InChI=1S/C18H19FN4O2S/c1-23-11-13(10-21-23)18-22-16(12-26-18)17(24)20-8-2-3-9-25-15-6-4-14(19)5-7-15/h4-7,10-12H,2-3,8-9H2,1H3,(H,20,24). The van der Waals surface area contributed by atoms with Crippen LogP contribution in [0.25, 0.3) is 10.6 Å². The Kier molecular flexibility index (Phi) is 5.96. The highest BCUT2D eigenvalue weighted by molar-refractivity contribution is 7.13. The van der Waals surface area contributed by atoms with E-state index >= 15 is 0 Å². The number of benzene rings is 1. The van der Waals surface area contributed by atoms with Crippen molar-refractivity contribution >= 4 is 17.2 Å². The molecule has 2 aromatic heterocycles. The van der Waals surface area contributed by atoms with E-state index in [1.807, 2.05) is 13.2 Å². The zero-order valence-corrected chi connectivity index (χ0v) is 15.1. The van der Waals surface area contributed by atoms with E-state index < -0.39 is 0 Å². The van der Waals surface area contributed by atoms with Crippen LogP contribution in [0.2, 0.25) is 0 Å². The lowest BCUT2D eigenvalue weighted by Gasteiger charge is -2.06. The van der Waals surface area contributed by atoms with Gasteiger partial charge in [-0.2, -0.15) is 5.10 Å². The molecule has 8 heteroatoms. The summed E-state index contributed by atoms with van der Waals surface area (Å²) in [5.41, 5.74) is 1.31. The van der Waals surface area contributed by atoms with Crippen LogP contribution in [0.5, 0.6) is 5.75 Å².